The van der Waals surface area contributed by atoms with Gasteiger partial charge in [-0.15, -0.1) is 18.3 Å². The standard InChI is InChI=1S/C12H22N2OS/c1-5-8-16-10-13-11(2,3)9-12(4)14(10)6-7-15-12/h5,10,13H,1,6-9H2,2-4H3/t10-,12+/m0/s1. The van der Waals surface area contributed by atoms with Crippen molar-refractivity contribution in [1.82, 2.24) is 10.2 Å². The lowest BCUT2D eigenvalue weighted by Crippen LogP contribution is -2.66. The van der Waals surface area contributed by atoms with Gasteiger partial charge in [-0.25, -0.2) is 4.90 Å². The molecule has 3 nitrogen and oxygen atoms in total. The highest BCUT2D eigenvalue weighted by Crippen LogP contribution is 2.39. The molecule has 2 fully saturated rings. The third-order valence-electron chi connectivity index (χ3n) is 3.29. The molecule has 2 atom stereocenters. The predicted octanol–water partition coefficient (Wildman–Crippen LogP) is 2.01. The summed E-state index contributed by atoms with van der Waals surface area (Å²) in [5, 5.41) is 3.69. The first-order valence-electron chi connectivity index (χ1n) is 5.88. The van der Waals surface area contributed by atoms with Crippen LogP contribution in [0.15, 0.2) is 12.7 Å². The Kier molecular flexibility index (Phi) is 3.36. The van der Waals surface area contributed by atoms with Gasteiger partial charge in [0.05, 0.1) is 6.61 Å². The lowest BCUT2D eigenvalue weighted by Gasteiger charge is -2.50. The highest BCUT2D eigenvalue weighted by Gasteiger charge is 2.50. The molecule has 0 unspecified atom stereocenters. The van der Waals surface area contributed by atoms with E-state index in [-0.39, 0.29) is 11.3 Å². The number of rotatable bonds is 3. The number of ether oxygens (including phenoxy) is 1. The van der Waals surface area contributed by atoms with Gasteiger partial charge in [0.25, 0.3) is 0 Å². The van der Waals surface area contributed by atoms with Crippen LogP contribution in [0.1, 0.15) is 27.2 Å². The Bertz CT molecular complexity index is 282. The van der Waals surface area contributed by atoms with Gasteiger partial charge >= 0.3 is 0 Å². The van der Waals surface area contributed by atoms with Gasteiger partial charge in [0.1, 0.15) is 11.2 Å². The predicted molar refractivity (Wildman–Crippen MR) is 69.3 cm³/mol. The average Bonchev–Trinajstić information content (AvgIpc) is 2.53. The second-order valence-electron chi connectivity index (χ2n) is 5.40. The van der Waals surface area contributed by atoms with Crippen LogP contribution < -0.4 is 5.32 Å². The van der Waals surface area contributed by atoms with E-state index in [1.54, 1.807) is 0 Å². The number of nitrogens with one attached hydrogen (secondary N) is 1. The SMILES string of the molecule is C=CCS[C@H]1NC(C)(C)C[C@@]2(C)OCCN12. The largest absolute Gasteiger partial charge is 0.359 e. The molecule has 0 aromatic heterocycles. The summed E-state index contributed by atoms with van der Waals surface area (Å²) in [6, 6.07) is 0. The summed E-state index contributed by atoms with van der Waals surface area (Å²) < 4.78 is 5.94. The lowest BCUT2D eigenvalue weighted by atomic mass is 9.91. The first-order valence-corrected chi connectivity index (χ1v) is 6.93. The van der Waals surface area contributed by atoms with Crippen LogP contribution in [0.2, 0.25) is 0 Å². The summed E-state index contributed by atoms with van der Waals surface area (Å²) in [5.74, 6) is 0.973. The molecule has 4 heteroatoms. The van der Waals surface area contributed by atoms with E-state index in [9.17, 15) is 0 Å². The van der Waals surface area contributed by atoms with Crippen molar-refractivity contribution in [2.75, 3.05) is 18.9 Å². The Hall–Kier alpha value is -0.0300. The first kappa shape index (κ1) is 12.4. The number of thioether (sulfide) groups is 1. The normalized spacial score (nSPS) is 38.3. The molecule has 2 saturated heterocycles. The molecule has 2 heterocycles. The second-order valence-corrected chi connectivity index (χ2v) is 6.51. The fraction of sp³-hybridized carbons (Fsp3) is 0.833. The van der Waals surface area contributed by atoms with Crippen molar-refractivity contribution in [3.05, 3.63) is 12.7 Å². The zero-order valence-corrected chi connectivity index (χ0v) is 11.3. The highest BCUT2D eigenvalue weighted by atomic mass is 32.2. The van der Waals surface area contributed by atoms with Gasteiger partial charge in [-0.1, -0.05) is 6.08 Å². The van der Waals surface area contributed by atoms with Crippen molar-refractivity contribution in [2.24, 2.45) is 0 Å². The van der Waals surface area contributed by atoms with E-state index in [4.69, 9.17) is 4.74 Å². The minimum atomic E-state index is -0.0897. The Morgan fingerprint density at radius 3 is 3.00 bits per heavy atom. The summed E-state index contributed by atoms with van der Waals surface area (Å²) in [4.78, 5) is 2.44. The van der Waals surface area contributed by atoms with E-state index < -0.39 is 0 Å². The van der Waals surface area contributed by atoms with Crippen LogP contribution in [0.4, 0.5) is 0 Å². The molecule has 2 aliphatic heterocycles. The highest BCUT2D eigenvalue weighted by molar-refractivity contribution is 7.99. The van der Waals surface area contributed by atoms with Gasteiger partial charge in [0, 0.05) is 24.3 Å². The fourth-order valence-corrected chi connectivity index (χ4v) is 4.00. The minimum Gasteiger partial charge on any atom is -0.359 e. The maximum absolute atomic E-state index is 5.94. The molecular formula is C12H22N2OS. The van der Waals surface area contributed by atoms with Crippen LogP contribution in [-0.2, 0) is 4.74 Å². The number of fused-ring (bicyclic) bond motifs is 1. The van der Waals surface area contributed by atoms with Gasteiger partial charge in [0.2, 0.25) is 0 Å². The molecule has 16 heavy (non-hydrogen) atoms. The number of hydrogen-bond donors (Lipinski definition) is 1. The van der Waals surface area contributed by atoms with Crippen LogP contribution in [0.25, 0.3) is 0 Å². The Balaban J connectivity index is 2.13. The monoisotopic (exact) mass is 242 g/mol. The van der Waals surface area contributed by atoms with Crippen molar-refractivity contribution < 1.29 is 4.74 Å². The summed E-state index contributed by atoms with van der Waals surface area (Å²) in [7, 11) is 0. The quantitative estimate of drug-likeness (QED) is 0.765. The summed E-state index contributed by atoms with van der Waals surface area (Å²) >= 11 is 1.89. The van der Waals surface area contributed by atoms with Crippen LogP contribution >= 0.6 is 11.8 Å². The average molecular weight is 242 g/mol. The molecule has 0 aromatic rings. The molecular weight excluding hydrogens is 220 g/mol. The third kappa shape index (κ3) is 2.30. The summed E-state index contributed by atoms with van der Waals surface area (Å²) in [6.07, 6.45) is 2.99. The van der Waals surface area contributed by atoms with Crippen LogP contribution in [0.5, 0.6) is 0 Å². The molecule has 2 aliphatic rings. The van der Waals surface area contributed by atoms with Crippen molar-refractivity contribution >= 4 is 11.8 Å². The Morgan fingerprint density at radius 1 is 1.56 bits per heavy atom. The van der Waals surface area contributed by atoms with E-state index in [1.165, 1.54) is 0 Å². The third-order valence-corrected chi connectivity index (χ3v) is 4.41. The van der Waals surface area contributed by atoms with Crippen molar-refractivity contribution in [3.8, 4) is 0 Å². The number of nitrogens with zero attached hydrogens (tertiary/aromatic N) is 1. The summed E-state index contributed by atoms with van der Waals surface area (Å²) in [5.41, 5.74) is 0.386. The number of hydrogen-bond acceptors (Lipinski definition) is 4. The maximum atomic E-state index is 5.94. The van der Waals surface area contributed by atoms with Crippen molar-refractivity contribution in [3.63, 3.8) is 0 Å². The van der Waals surface area contributed by atoms with Crippen molar-refractivity contribution in [2.45, 2.75) is 44.0 Å². The fourth-order valence-electron chi connectivity index (χ4n) is 2.78. The molecule has 0 amide bonds. The zero-order valence-electron chi connectivity index (χ0n) is 10.5. The molecule has 0 aromatic carbocycles. The van der Waals surface area contributed by atoms with E-state index in [0.29, 0.717) is 5.50 Å². The molecule has 0 saturated carbocycles. The lowest BCUT2D eigenvalue weighted by molar-refractivity contribution is -0.121. The van der Waals surface area contributed by atoms with Gasteiger partial charge in [0.15, 0.2) is 0 Å². The molecule has 0 bridgehead atoms. The molecule has 0 spiro atoms. The van der Waals surface area contributed by atoms with Crippen molar-refractivity contribution in [1.29, 1.82) is 0 Å². The molecule has 2 rings (SSSR count). The molecule has 1 N–H and O–H groups in total. The maximum Gasteiger partial charge on any atom is 0.122 e. The van der Waals surface area contributed by atoms with Gasteiger partial charge in [-0.05, 0) is 20.8 Å². The second kappa shape index (κ2) is 4.33. The van der Waals surface area contributed by atoms with Crippen LogP contribution in [0, 0.1) is 0 Å². The molecule has 0 aliphatic carbocycles. The molecule has 0 radical (unpaired) electrons. The zero-order chi connectivity index (χ0) is 11.8. The van der Waals surface area contributed by atoms with Gasteiger partial charge < -0.3 is 4.74 Å². The first-order chi connectivity index (χ1) is 7.47. The Morgan fingerprint density at radius 2 is 2.31 bits per heavy atom. The smallest absolute Gasteiger partial charge is 0.122 e. The van der Waals surface area contributed by atoms with Gasteiger partial charge in [-0.2, -0.15) is 0 Å². The van der Waals surface area contributed by atoms with Gasteiger partial charge in [-0.3, -0.25) is 5.32 Å². The topological polar surface area (TPSA) is 24.5 Å². The van der Waals surface area contributed by atoms with E-state index >= 15 is 0 Å². The van der Waals surface area contributed by atoms with E-state index in [1.807, 2.05) is 17.8 Å². The van der Waals surface area contributed by atoms with E-state index in [0.717, 1.165) is 25.3 Å². The summed E-state index contributed by atoms with van der Waals surface area (Å²) in [6.45, 7) is 12.4. The minimum absolute atomic E-state index is 0.0897. The molecule has 92 valence electrons. The van der Waals surface area contributed by atoms with Crippen LogP contribution in [-0.4, -0.2) is 40.6 Å². The van der Waals surface area contributed by atoms with E-state index in [2.05, 4.69) is 37.6 Å². The van der Waals surface area contributed by atoms with Crippen LogP contribution in [0.3, 0.4) is 0 Å². The Labute approximate surface area is 103 Å².